The first-order valence-electron chi connectivity index (χ1n) is 13.3. The van der Waals surface area contributed by atoms with Gasteiger partial charge in [-0.2, -0.15) is 0 Å². The number of likely N-dealkylation sites (tertiary alicyclic amines) is 1. The van der Waals surface area contributed by atoms with Gasteiger partial charge in [0.15, 0.2) is 0 Å². The first-order chi connectivity index (χ1) is 18.0. The molecule has 1 aliphatic rings. The number of rotatable bonds is 13. The molecule has 0 saturated carbocycles. The predicted octanol–water partition coefficient (Wildman–Crippen LogP) is 6.69. The van der Waals surface area contributed by atoms with Gasteiger partial charge < -0.3 is 14.7 Å². The third-order valence-electron chi connectivity index (χ3n) is 7.45. The quantitative estimate of drug-likeness (QED) is 0.199. The van der Waals surface area contributed by atoms with E-state index in [0.29, 0.717) is 11.8 Å². The highest BCUT2D eigenvalue weighted by Crippen LogP contribution is 2.32. The maximum Gasteiger partial charge on any atom is 0.303 e. The van der Waals surface area contributed by atoms with Crippen molar-refractivity contribution in [2.45, 2.75) is 49.8 Å². The summed E-state index contributed by atoms with van der Waals surface area (Å²) in [5.41, 5.74) is 2.28. The molecule has 0 bridgehead atoms. The normalized spacial score (nSPS) is 18.2. The number of carboxylic acids is 1. The molecule has 37 heavy (non-hydrogen) atoms. The molecule has 0 spiro atoms. The molecule has 1 fully saturated rings. The van der Waals surface area contributed by atoms with Gasteiger partial charge in [-0.1, -0.05) is 6.07 Å². The van der Waals surface area contributed by atoms with Crippen molar-refractivity contribution in [1.82, 2.24) is 9.88 Å². The molecular weight excluding hydrogens is 487 g/mol. The van der Waals surface area contributed by atoms with Crippen LogP contribution in [0.25, 0.3) is 10.9 Å². The standard InChI is InChI=1S/C30H37FN2O3S/c1-36-26-10-11-29-28(20-26)23(13-15-32-29)6-2-5-22-14-17-33(21-24(22)9-12-30(34)35)16-4-18-37-27-8-3-7-25(31)19-27/h3,7-8,10-11,13,15,19-20,22,24H,2,4-6,9,12,14,16-18,21H2,1H3,(H,34,35). The van der Waals surface area contributed by atoms with E-state index in [1.165, 1.54) is 11.6 Å². The molecule has 198 valence electrons. The number of thioether (sulfide) groups is 1. The number of hydrogen-bond donors (Lipinski definition) is 1. The minimum absolute atomic E-state index is 0.190. The summed E-state index contributed by atoms with van der Waals surface area (Å²) < 4.78 is 18.8. The van der Waals surface area contributed by atoms with Gasteiger partial charge in [-0.15, -0.1) is 11.8 Å². The molecule has 0 aliphatic carbocycles. The Hall–Kier alpha value is -2.64. The van der Waals surface area contributed by atoms with Gasteiger partial charge in [0.1, 0.15) is 11.6 Å². The van der Waals surface area contributed by atoms with Gasteiger partial charge in [0, 0.05) is 29.4 Å². The number of aliphatic carboxylic acids is 1. The number of aryl methyl sites for hydroxylation is 1. The number of benzene rings is 2. The van der Waals surface area contributed by atoms with E-state index in [-0.39, 0.29) is 12.2 Å². The van der Waals surface area contributed by atoms with Crippen molar-refractivity contribution in [2.24, 2.45) is 11.8 Å². The van der Waals surface area contributed by atoms with E-state index in [4.69, 9.17) is 4.74 Å². The minimum Gasteiger partial charge on any atom is -0.497 e. The van der Waals surface area contributed by atoms with Crippen molar-refractivity contribution < 1.29 is 19.0 Å². The summed E-state index contributed by atoms with van der Waals surface area (Å²) in [7, 11) is 1.68. The molecule has 0 radical (unpaired) electrons. The van der Waals surface area contributed by atoms with E-state index in [1.807, 2.05) is 24.4 Å². The number of aromatic nitrogens is 1. The van der Waals surface area contributed by atoms with E-state index in [2.05, 4.69) is 22.0 Å². The number of halogens is 1. The average molecular weight is 525 g/mol. The van der Waals surface area contributed by atoms with Crippen LogP contribution in [0.3, 0.4) is 0 Å². The van der Waals surface area contributed by atoms with Crippen molar-refractivity contribution in [2.75, 3.05) is 32.5 Å². The zero-order valence-corrected chi connectivity index (χ0v) is 22.4. The van der Waals surface area contributed by atoms with Crippen LogP contribution >= 0.6 is 11.8 Å². The Morgan fingerprint density at radius 1 is 1.16 bits per heavy atom. The zero-order valence-electron chi connectivity index (χ0n) is 21.6. The fourth-order valence-corrected chi connectivity index (χ4v) is 6.37. The van der Waals surface area contributed by atoms with Crippen LogP contribution in [0.5, 0.6) is 5.75 Å². The number of methoxy groups -OCH3 is 1. The van der Waals surface area contributed by atoms with Crippen molar-refractivity contribution in [3.8, 4) is 5.75 Å². The van der Waals surface area contributed by atoms with Crippen LogP contribution in [-0.4, -0.2) is 53.5 Å². The number of ether oxygens (including phenoxy) is 1. The lowest BCUT2D eigenvalue weighted by atomic mass is 9.79. The Kier molecular flexibility index (Phi) is 10.2. The van der Waals surface area contributed by atoms with Crippen LogP contribution < -0.4 is 4.74 Å². The second-order valence-corrected chi connectivity index (χ2v) is 11.1. The van der Waals surface area contributed by atoms with Crippen molar-refractivity contribution in [3.63, 3.8) is 0 Å². The molecule has 2 atom stereocenters. The molecule has 1 aromatic heterocycles. The molecule has 1 aliphatic heterocycles. The topological polar surface area (TPSA) is 62.7 Å². The summed E-state index contributed by atoms with van der Waals surface area (Å²) in [4.78, 5) is 19.3. The molecule has 1 saturated heterocycles. The Balaban J connectivity index is 1.28. The van der Waals surface area contributed by atoms with Crippen LogP contribution in [0.1, 0.15) is 44.1 Å². The van der Waals surface area contributed by atoms with Gasteiger partial charge >= 0.3 is 5.97 Å². The van der Waals surface area contributed by atoms with Crippen LogP contribution in [0, 0.1) is 17.7 Å². The van der Waals surface area contributed by atoms with Crippen LogP contribution in [-0.2, 0) is 11.2 Å². The Morgan fingerprint density at radius 2 is 2.05 bits per heavy atom. The Morgan fingerprint density at radius 3 is 2.86 bits per heavy atom. The van der Waals surface area contributed by atoms with Gasteiger partial charge in [0.05, 0.1) is 12.6 Å². The van der Waals surface area contributed by atoms with E-state index in [0.717, 1.165) is 85.5 Å². The number of carboxylic acid groups (broad SMARTS) is 1. The van der Waals surface area contributed by atoms with E-state index in [9.17, 15) is 14.3 Å². The summed E-state index contributed by atoms with van der Waals surface area (Å²) in [5.74, 6) is 1.87. The number of carbonyl (C=O) groups is 1. The van der Waals surface area contributed by atoms with Crippen molar-refractivity contribution in [1.29, 1.82) is 0 Å². The summed E-state index contributed by atoms with van der Waals surface area (Å²) in [6.45, 7) is 3.04. The number of hydrogen-bond acceptors (Lipinski definition) is 5. The summed E-state index contributed by atoms with van der Waals surface area (Å²) in [6, 6.07) is 14.9. The maximum absolute atomic E-state index is 13.4. The second kappa shape index (κ2) is 13.8. The molecule has 2 aromatic carbocycles. The highest BCUT2D eigenvalue weighted by Gasteiger charge is 2.29. The molecule has 5 nitrogen and oxygen atoms in total. The van der Waals surface area contributed by atoms with Crippen LogP contribution in [0.2, 0.25) is 0 Å². The van der Waals surface area contributed by atoms with E-state index in [1.54, 1.807) is 31.0 Å². The minimum atomic E-state index is -0.709. The highest BCUT2D eigenvalue weighted by molar-refractivity contribution is 7.99. The third kappa shape index (κ3) is 8.17. The molecule has 2 heterocycles. The maximum atomic E-state index is 13.4. The molecule has 7 heteroatoms. The Labute approximate surface area is 223 Å². The van der Waals surface area contributed by atoms with Crippen molar-refractivity contribution in [3.05, 3.63) is 66.1 Å². The summed E-state index contributed by atoms with van der Waals surface area (Å²) >= 11 is 1.69. The third-order valence-corrected chi connectivity index (χ3v) is 8.53. The monoisotopic (exact) mass is 524 g/mol. The van der Waals surface area contributed by atoms with Gasteiger partial charge in [-0.3, -0.25) is 9.78 Å². The van der Waals surface area contributed by atoms with Gasteiger partial charge in [-0.25, -0.2) is 4.39 Å². The fourth-order valence-electron chi connectivity index (χ4n) is 5.49. The SMILES string of the molecule is COc1ccc2nccc(CCCC3CCN(CCCSc4cccc(F)c4)CC3CCC(=O)O)c2c1. The first-order valence-corrected chi connectivity index (χ1v) is 14.2. The number of nitrogens with zero attached hydrogens (tertiary/aromatic N) is 2. The van der Waals surface area contributed by atoms with Crippen molar-refractivity contribution >= 4 is 28.6 Å². The van der Waals surface area contributed by atoms with Gasteiger partial charge in [-0.05, 0) is 117 Å². The summed E-state index contributed by atoms with van der Waals surface area (Å²) in [6.07, 6.45) is 8.18. The molecule has 3 aromatic rings. The van der Waals surface area contributed by atoms with Crippen LogP contribution in [0.4, 0.5) is 4.39 Å². The zero-order chi connectivity index (χ0) is 26.0. The highest BCUT2D eigenvalue weighted by atomic mass is 32.2. The average Bonchev–Trinajstić information content (AvgIpc) is 2.90. The molecule has 1 N–H and O–H groups in total. The lowest BCUT2D eigenvalue weighted by Crippen LogP contribution is -2.41. The van der Waals surface area contributed by atoms with E-state index < -0.39 is 5.97 Å². The van der Waals surface area contributed by atoms with Gasteiger partial charge in [0.25, 0.3) is 0 Å². The number of fused-ring (bicyclic) bond motifs is 1. The number of piperidine rings is 1. The lowest BCUT2D eigenvalue weighted by Gasteiger charge is -2.39. The first kappa shape index (κ1) is 27.4. The smallest absolute Gasteiger partial charge is 0.303 e. The van der Waals surface area contributed by atoms with E-state index >= 15 is 0 Å². The second-order valence-electron chi connectivity index (χ2n) is 9.95. The summed E-state index contributed by atoms with van der Waals surface area (Å²) in [5, 5.41) is 10.5. The van der Waals surface area contributed by atoms with Crippen LogP contribution in [0.15, 0.2) is 59.6 Å². The largest absolute Gasteiger partial charge is 0.497 e. The Bertz CT molecular complexity index is 1170. The predicted molar refractivity (Wildman–Crippen MR) is 148 cm³/mol. The fraction of sp³-hybridized carbons (Fsp3) is 0.467. The molecule has 4 rings (SSSR count). The molecular formula is C30H37FN2O3S. The number of pyridine rings is 1. The van der Waals surface area contributed by atoms with Gasteiger partial charge in [0.2, 0.25) is 0 Å². The lowest BCUT2D eigenvalue weighted by molar-refractivity contribution is -0.137. The molecule has 2 unspecified atom stereocenters. The molecule has 0 amide bonds.